The molecule has 0 aromatic heterocycles. The molecule has 0 aliphatic rings. The molecule has 0 aliphatic carbocycles. The van der Waals surface area contributed by atoms with Crippen molar-refractivity contribution in [1.29, 1.82) is 0 Å². The normalized spacial score (nSPS) is 11.6. The number of carboxylic acid groups (broad SMARTS) is 2. The lowest BCUT2D eigenvalue weighted by Crippen LogP contribution is -2.21. The number of ether oxygens (including phenoxy) is 2. The Bertz CT molecular complexity index is 562. The van der Waals surface area contributed by atoms with Crippen molar-refractivity contribution in [3.05, 3.63) is 23.3 Å². The summed E-state index contributed by atoms with van der Waals surface area (Å²) in [6, 6.07) is 0. The van der Waals surface area contributed by atoms with Gasteiger partial charge in [-0.3, -0.25) is 9.59 Å². The Morgan fingerprint density at radius 1 is 0.731 bits per heavy atom. The third kappa shape index (κ3) is 10.0. The maximum atomic E-state index is 11.8. The van der Waals surface area contributed by atoms with Gasteiger partial charge in [0.25, 0.3) is 0 Å². The van der Waals surface area contributed by atoms with Gasteiger partial charge in [-0.2, -0.15) is 0 Å². The van der Waals surface area contributed by atoms with E-state index in [9.17, 15) is 24.0 Å². The summed E-state index contributed by atoms with van der Waals surface area (Å²) >= 11 is 0. The highest BCUT2D eigenvalue weighted by molar-refractivity contribution is 6.02. The molecule has 0 bridgehead atoms. The number of allylic oxidation sites excluding steroid dienone is 2. The van der Waals surface area contributed by atoms with Crippen LogP contribution in [0.25, 0.3) is 0 Å². The zero-order chi connectivity index (χ0) is 20.1. The number of aliphatic carboxylic acids is 2. The second-order valence-electron chi connectivity index (χ2n) is 5.21. The summed E-state index contributed by atoms with van der Waals surface area (Å²) in [5.74, 6) is -5.06. The minimum absolute atomic E-state index is 0.254. The second kappa shape index (κ2) is 12.4. The predicted molar refractivity (Wildman–Crippen MR) is 88.1 cm³/mol. The number of rotatable bonds is 10. The molecule has 0 aromatic carbocycles. The van der Waals surface area contributed by atoms with Crippen LogP contribution in [0.2, 0.25) is 0 Å². The van der Waals surface area contributed by atoms with Crippen LogP contribution in [0.3, 0.4) is 0 Å². The first-order chi connectivity index (χ1) is 12.2. The molecule has 0 spiro atoms. The lowest BCUT2D eigenvalue weighted by molar-refractivity contribution is -0.145. The molecule has 0 amide bonds. The molecular weight excluding hydrogens is 348 g/mol. The molecule has 0 unspecified atom stereocenters. The van der Waals surface area contributed by atoms with Crippen molar-refractivity contribution in [2.24, 2.45) is 0 Å². The summed E-state index contributed by atoms with van der Waals surface area (Å²) in [6.07, 6.45) is 1.76. The van der Waals surface area contributed by atoms with Gasteiger partial charge in [0.2, 0.25) is 0 Å². The third-order valence-electron chi connectivity index (χ3n) is 2.92. The summed E-state index contributed by atoms with van der Waals surface area (Å²) < 4.78 is 8.63. The molecule has 0 atom stereocenters. The minimum Gasteiger partial charge on any atom is -0.481 e. The van der Waals surface area contributed by atoms with E-state index < -0.39 is 42.9 Å². The SMILES string of the molecule is CCCC=C(CC(=O)O)C(=O)OC(=O)OC(=O)C(=CCCC)CC(=O)O. The average molecular weight is 370 g/mol. The number of hydrogen-bond acceptors (Lipinski definition) is 7. The molecule has 0 aliphatic heterocycles. The van der Waals surface area contributed by atoms with Crippen LogP contribution in [0.1, 0.15) is 52.4 Å². The molecule has 0 saturated carbocycles. The summed E-state index contributed by atoms with van der Waals surface area (Å²) in [5.41, 5.74) is -0.507. The first kappa shape index (κ1) is 23.0. The van der Waals surface area contributed by atoms with Crippen molar-refractivity contribution < 1.29 is 43.7 Å². The van der Waals surface area contributed by atoms with E-state index in [4.69, 9.17) is 10.2 Å². The van der Waals surface area contributed by atoms with Gasteiger partial charge in [-0.15, -0.1) is 0 Å². The summed E-state index contributed by atoms with van der Waals surface area (Å²) in [5, 5.41) is 17.5. The average Bonchev–Trinajstić information content (AvgIpc) is 2.54. The fourth-order valence-corrected chi connectivity index (χ4v) is 1.72. The molecule has 0 rings (SSSR count). The first-order valence-corrected chi connectivity index (χ1v) is 8.01. The third-order valence-corrected chi connectivity index (χ3v) is 2.92. The van der Waals surface area contributed by atoms with Crippen LogP contribution in [0, 0.1) is 0 Å². The predicted octanol–water partition coefficient (Wildman–Crippen LogP) is 2.60. The maximum Gasteiger partial charge on any atom is 0.524 e. The van der Waals surface area contributed by atoms with Crippen LogP contribution in [0.4, 0.5) is 4.79 Å². The molecular formula is C17H22O9. The summed E-state index contributed by atoms with van der Waals surface area (Å²) in [6.45, 7) is 3.61. The molecule has 26 heavy (non-hydrogen) atoms. The number of unbranched alkanes of at least 4 members (excludes halogenated alkanes) is 2. The Hall–Kier alpha value is -2.97. The van der Waals surface area contributed by atoms with Gasteiger partial charge < -0.3 is 19.7 Å². The smallest absolute Gasteiger partial charge is 0.481 e. The monoisotopic (exact) mass is 370 g/mol. The van der Waals surface area contributed by atoms with E-state index >= 15 is 0 Å². The number of esters is 2. The van der Waals surface area contributed by atoms with Gasteiger partial charge >= 0.3 is 30.0 Å². The Balaban J connectivity index is 4.97. The lowest BCUT2D eigenvalue weighted by atomic mass is 10.1. The zero-order valence-corrected chi connectivity index (χ0v) is 14.6. The van der Waals surface area contributed by atoms with E-state index in [0.717, 1.165) is 0 Å². The molecule has 0 heterocycles. The minimum atomic E-state index is -1.65. The van der Waals surface area contributed by atoms with Gasteiger partial charge in [-0.1, -0.05) is 38.8 Å². The standard InChI is InChI=1S/C17H22O9/c1-3-5-7-11(9-13(18)19)15(22)25-17(24)26-16(23)12(8-6-4-2)10-14(20)21/h7-8H,3-6,9-10H2,1-2H3,(H,18,19)(H,20,21). The summed E-state index contributed by atoms with van der Waals surface area (Å²) in [4.78, 5) is 56.7. The fraction of sp³-hybridized carbons (Fsp3) is 0.471. The lowest BCUT2D eigenvalue weighted by Gasteiger charge is -2.07. The van der Waals surface area contributed by atoms with Crippen molar-refractivity contribution in [3.8, 4) is 0 Å². The van der Waals surface area contributed by atoms with Crippen molar-refractivity contribution in [2.75, 3.05) is 0 Å². The van der Waals surface area contributed by atoms with Crippen molar-refractivity contribution in [1.82, 2.24) is 0 Å². The van der Waals surface area contributed by atoms with E-state index in [-0.39, 0.29) is 11.1 Å². The topological polar surface area (TPSA) is 144 Å². The number of carbonyl (C=O) groups excluding carboxylic acids is 3. The van der Waals surface area contributed by atoms with E-state index in [1.807, 2.05) is 0 Å². The van der Waals surface area contributed by atoms with Crippen LogP contribution in [0.15, 0.2) is 23.3 Å². The molecule has 0 radical (unpaired) electrons. The van der Waals surface area contributed by atoms with Gasteiger partial charge in [-0.05, 0) is 12.8 Å². The van der Waals surface area contributed by atoms with Gasteiger partial charge in [0.15, 0.2) is 0 Å². The Morgan fingerprint density at radius 3 is 1.35 bits per heavy atom. The zero-order valence-electron chi connectivity index (χ0n) is 14.6. The highest BCUT2D eigenvalue weighted by Gasteiger charge is 2.23. The maximum absolute atomic E-state index is 11.8. The van der Waals surface area contributed by atoms with E-state index in [1.54, 1.807) is 13.8 Å². The van der Waals surface area contributed by atoms with Crippen LogP contribution in [-0.4, -0.2) is 40.2 Å². The second-order valence-corrected chi connectivity index (χ2v) is 5.21. The molecule has 0 saturated heterocycles. The van der Waals surface area contributed by atoms with Crippen molar-refractivity contribution in [3.63, 3.8) is 0 Å². The number of carbonyl (C=O) groups is 5. The van der Waals surface area contributed by atoms with Crippen LogP contribution >= 0.6 is 0 Å². The number of hydrogen-bond donors (Lipinski definition) is 2. The van der Waals surface area contributed by atoms with Crippen molar-refractivity contribution >= 4 is 30.0 Å². The molecule has 9 nitrogen and oxygen atoms in total. The molecule has 0 aromatic rings. The molecule has 144 valence electrons. The Kier molecular flexibility index (Phi) is 11.0. The van der Waals surface area contributed by atoms with Crippen LogP contribution < -0.4 is 0 Å². The van der Waals surface area contributed by atoms with Crippen LogP contribution in [-0.2, 0) is 28.7 Å². The van der Waals surface area contributed by atoms with Gasteiger partial charge in [0, 0.05) is 11.1 Å². The van der Waals surface area contributed by atoms with Gasteiger partial charge in [0.05, 0.1) is 12.8 Å². The van der Waals surface area contributed by atoms with E-state index in [0.29, 0.717) is 25.7 Å². The van der Waals surface area contributed by atoms with Gasteiger partial charge in [-0.25, -0.2) is 14.4 Å². The highest BCUT2D eigenvalue weighted by Crippen LogP contribution is 2.11. The summed E-state index contributed by atoms with van der Waals surface area (Å²) in [7, 11) is 0. The quantitative estimate of drug-likeness (QED) is 0.336. The molecule has 2 N–H and O–H groups in total. The van der Waals surface area contributed by atoms with E-state index in [2.05, 4.69) is 9.47 Å². The largest absolute Gasteiger partial charge is 0.524 e. The fourth-order valence-electron chi connectivity index (χ4n) is 1.72. The number of carboxylic acids is 2. The highest BCUT2D eigenvalue weighted by atomic mass is 16.8. The molecule has 9 heteroatoms. The molecule has 0 fully saturated rings. The Morgan fingerprint density at radius 2 is 1.08 bits per heavy atom. The van der Waals surface area contributed by atoms with Crippen LogP contribution in [0.5, 0.6) is 0 Å². The first-order valence-electron chi connectivity index (χ1n) is 8.01. The van der Waals surface area contributed by atoms with Gasteiger partial charge in [0.1, 0.15) is 0 Å². The Labute approximate surface area is 150 Å². The van der Waals surface area contributed by atoms with Crippen molar-refractivity contribution in [2.45, 2.75) is 52.4 Å². The van der Waals surface area contributed by atoms with E-state index in [1.165, 1.54) is 12.2 Å².